The Kier molecular flexibility index (Phi) is 5.07. The summed E-state index contributed by atoms with van der Waals surface area (Å²) in [6.07, 6.45) is 0.570. The van der Waals surface area contributed by atoms with Crippen LogP contribution in [0.2, 0.25) is 0 Å². The highest BCUT2D eigenvalue weighted by Gasteiger charge is 2.22. The number of anilines is 1. The van der Waals surface area contributed by atoms with Crippen LogP contribution in [0.25, 0.3) is 22.4 Å². The van der Waals surface area contributed by atoms with Gasteiger partial charge >= 0.3 is 0 Å². The maximum Gasteiger partial charge on any atom is 0.174 e. The van der Waals surface area contributed by atoms with Crippen LogP contribution in [-0.4, -0.2) is 60.9 Å². The number of hydrogen-bond acceptors (Lipinski definition) is 5. The van der Waals surface area contributed by atoms with Crippen LogP contribution < -0.4 is 9.64 Å². The van der Waals surface area contributed by atoms with Crippen LogP contribution in [-0.2, 0) is 6.42 Å². The molecule has 4 aromatic rings. The zero-order chi connectivity index (χ0) is 23.2. The molecule has 1 N–H and O–H groups in total. The molecule has 172 valence electrons. The lowest BCUT2D eigenvalue weighted by molar-refractivity contribution is 0.313. The smallest absolute Gasteiger partial charge is 0.174 e. The first kappa shape index (κ1) is 20.9. The van der Waals surface area contributed by atoms with Crippen LogP contribution in [0.15, 0.2) is 59.6 Å². The van der Waals surface area contributed by atoms with Crippen LogP contribution >= 0.6 is 0 Å². The topological polar surface area (TPSA) is 56.8 Å². The van der Waals surface area contributed by atoms with E-state index in [4.69, 9.17) is 9.72 Å². The molecule has 6 nitrogen and oxygen atoms in total. The van der Waals surface area contributed by atoms with Crippen LogP contribution in [0.3, 0.4) is 0 Å². The van der Waals surface area contributed by atoms with Crippen LogP contribution in [0.1, 0.15) is 11.1 Å². The number of aromatic nitrogens is 2. The standard InChI is InChI=1S/C27H26FN5O/c1-32-10-12-33(13-11-32)19-7-9-22-24(16-19)31-27(30-22)17-6-8-21-18(14-17)15-23(29-21)20-4-3-5-25(34-2)26(20)28/h3-9,14,16H,10-13,15H2,1-2H3,(H,30,31). The molecule has 7 heteroatoms. The number of benzene rings is 3. The summed E-state index contributed by atoms with van der Waals surface area (Å²) >= 11 is 0. The van der Waals surface area contributed by atoms with Crippen molar-refractivity contribution in [2.75, 3.05) is 45.2 Å². The Morgan fingerprint density at radius 3 is 2.68 bits per heavy atom. The molecule has 0 atom stereocenters. The number of aromatic amines is 1. The number of aliphatic imine (C=N–C) groups is 1. The second-order valence-electron chi connectivity index (χ2n) is 8.98. The first-order valence-corrected chi connectivity index (χ1v) is 11.6. The minimum absolute atomic E-state index is 0.232. The van der Waals surface area contributed by atoms with Gasteiger partial charge in [-0.3, -0.25) is 4.99 Å². The average Bonchev–Trinajstić information content (AvgIpc) is 3.48. The van der Waals surface area contributed by atoms with Crippen LogP contribution in [0.4, 0.5) is 15.8 Å². The molecule has 0 radical (unpaired) electrons. The van der Waals surface area contributed by atoms with Crippen molar-refractivity contribution in [3.63, 3.8) is 0 Å². The molecule has 3 heterocycles. The maximum absolute atomic E-state index is 14.8. The maximum atomic E-state index is 14.8. The summed E-state index contributed by atoms with van der Waals surface area (Å²) in [7, 11) is 3.64. The first-order valence-electron chi connectivity index (χ1n) is 11.6. The molecule has 0 amide bonds. The zero-order valence-corrected chi connectivity index (χ0v) is 19.3. The van der Waals surface area contributed by atoms with Crippen LogP contribution in [0.5, 0.6) is 5.75 Å². The predicted molar refractivity (Wildman–Crippen MR) is 134 cm³/mol. The molecule has 0 spiro atoms. The second-order valence-corrected chi connectivity index (χ2v) is 8.98. The highest BCUT2D eigenvalue weighted by Crippen LogP contribution is 2.34. The normalized spacial score (nSPS) is 16.1. The largest absolute Gasteiger partial charge is 0.494 e. The molecule has 34 heavy (non-hydrogen) atoms. The molecular weight excluding hydrogens is 429 g/mol. The lowest BCUT2D eigenvalue weighted by Gasteiger charge is -2.34. The first-order chi connectivity index (χ1) is 16.6. The number of piperazine rings is 1. The summed E-state index contributed by atoms with van der Waals surface area (Å²) in [4.78, 5) is 17.8. The fraction of sp³-hybridized carbons (Fsp3) is 0.259. The molecule has 1 aromatic heterocycles. The predicted octanol–water partition coefficient (Wildman–Crippen LogP) is 4.81. The van der Waals surface area contributed by atoms with Gasteiger partial charge in [0.2, 0.25) is 0 Å². The van der Waals surface area contributed by atoms with Crippen molar-refractivity contribution in [3.05, 3.63) is 71.5 Å². The van der Waals surface area contributed by atoms with E-state index in [1.807, 2.05) is 12.1 Å². The highest BCUT2D eigenvalue weighted by molar-refractivity contribution is 6.07. The van der Waals surface area contributed by atoms with Gasteiger partial charge in [0.1, 0.15) is 5.82 Å². The average molecular weight is 456 g/mol. The number of H-pyrrole nitrogens is 1. The number of fused-ring (bicyclic) bond motifs is 2. The van der Waals surface area contributed by atoms with Gasteiger partial charge in [0.25, 0.3) is 0 Å². The van der Waals surface area contributed by atoms with Crippen LogP contribution in [0, 0.1) is 5.82 Å². The Hall–Kier alpha value is -3.71. The lowest BCUT2D eigenvalue weighted by Crippen LogP contribution is -2.44. The number of halogens is 1. The van der Waals surface area contributed by atoms with Crippen molar-refractivity contribution in [3.8, 4) is 17.1 Å². The molecule has 1 fully saturated rings. The van der Waals surface area contributed by atoms with Crippen molar-refractivity contribution in [2.24, 2.45) is 4.99 Å². The third kappa shape index (κ3) is 3.62. The Morgan fingerprint density at radius 2 is 1.85 bits per heavy atom. The molecule has 2 aliphatic heterocycles. The molecule has 3 aromatic carbocycles. The van der Waals surface area contributed by atoms with Crippen molar-refractivity contribution >= 4 is 28.1 Å². The van der Waals surface area contributed by atoms with E-state index < -0.39 is 0 Å². The van der Waals surface area contributed by atoms with Gasteiger partial charge in [-0.2, -0.15) is 0 Å². The van der Waals surface area contributed by atoms with Gasteiger partial charge in [-0.15, -0.1) is 0 Å². The molecule has 2 aliphatic rings. The van der Waals surface area contributed by atoms with E-state index in [9.17, 15) is 4.39 Å². The number of likely N-dealkylation sites (N-methyl/N-ethyl adjacent to an activating group) is 1. The number of nitrogens with one attached hydrogen (secondary N) is 1. The van der Waals surface area contributed by atoms with Gasteiger partial charge < -0.3 is 19.5 Å². The fourth-order valence-electron chi connectivity index (χ4n) is 4.79. The summed E-state index contributed by atoms with van der Waals surface area (Å²) in [5, 5.41) is 0. The molecule has 0 unspecified atom stereocenters. The third-order valence-corrected chi connectivity index (χ3v) is 6.79. The van der Waals surface area contributed by atoms with Gasteiger partial charge in [0, 0.05) is 49.4 Å². The molecule has 0 saturated carbocycles. The summed E-state index contributed by atoms with van der Waals surface area (Å²) in [5.41, 5.74) is 7.33. The van der Waals surface area contributed by atoms with E-state index in [1.54, 1.807) is 18.2 Å². The highest BCUT2D eigenvalue weighted by atomic mass is 19.1. The van der Waals surface area contributed by atoms with E-state index in [2.05, 4.69) is 51.1 Å². The monoisotopic (exact) mass is 455 g/mol. The Morgan fingerprint density at radius 1 is 1.00 bits per heavy atom. The summed E-state index contributed by atoms with van der Waals surface area (Å²) in [5.74, 6) is 0.689. The minimum atomic E-state index is -0.370. The van der Waals surface area contributed by atoms with Crippen molar-refractivity contribution in [1.82, 2.24) is 14.9 Å². The Labute approximate surface area is 197 Å². The van der Waals surface area contributed by atoms with Gasteiger partial charge in [-0.25, -0.2) is 9.37 Å². The molecule has 6 rings (SSSR count). The second kappa shape index (κ2) is 8.25. The number of nitrogens with zero attached hydrogens (tertiary/aromatic N) is 4. The molecule has 0 bridgehead atoms. The number of ether oxygens (including phenoxy) is 1. The van der Waals surface area contributed by atoms with Crippen molar-refractivity contribution in [1.29, 1.82) is 0 Å². The summed E-state index contributed by atoms with van der Waals surface area (Å²) in [6, 6.07) is 17.7. The van der Waals surface area contributed by atoms with Gasteiger partial charge in [0.05, 0.1) is 29.5 Å². The van der Waals surface area contributed by atoms with E-state index in [-0.39, 0.29) is 11.6 Å². The van der Waals surface area contributed by atoms with E-state index in [0.717, 1.165) is 59.9 Å². The lowest BCUT2D eigenvalue weighted by atomic mass is 10.0. The molecule has 0 aliphatic carbocycles. The SMILES string of the molecule is COc1cccc(C2=Nc3ccc(-c4nc5ccc(N6CCN(C)CC6)cc5[nH]4)cc3C2)c1F. The number of rotatable bonds is 4. The fourth-order valence-corrected chi connectivity index (χ4v) is 4.79. The third-order valence-electron chi connectivity index (χ3n) is 6.79. The van der Waals surface area contributed by atoms with Gasteiger partial charge in [-0.05, 0) is 61.1 Å². The summed E-state index contributed by atoms with van der Waals surface area (Å²) in [6.45, 7) is 4.21. The van der Waals surface area contributed by atoms with Gasteiger partial charge in [-0.1, -0.05) is 6.07 Å². The molecular formula is C27H26FN5O. The minimum Gasteiger partial charge on any atom is -0.494 e. The molecule has 1 saturated heterocycles. The summed E-state index contributed by atoms with van der Waals surface area (Å²) < 4.78 is 19.9. The Bertz CT molecular complexity index is 1420. The van der Waals surface area contributed by atoms with E-state index >= 15 is 0 Å². The van der Waals surface area contributed by atoms with Crippen molar-refractivity contribution < 1.29 is 9.13 Å². The zero-order valence-electron chi connectivity index (χ0n) is 19.3. The number of methoxy groups -OCH3 is 1. The van der Waals surface area contributed by atoms with E-state index in [1.165, 1.54) is 12.8 Å². The van der Waals surface area contributed by atoms with E-state index in [0.29, 0.717) is 17.7 Å². The number of hydrogen-bond donors (Lipinski definition) is 1. The van der Waals surface area contributed by atoms with Crippen molar-refractivity contribution in [2.45, 2.75) is 6.42 Å². The Balaban J connectivity index is 1.27. The quantitative estimate of drug-likeness (QED) is 0.480. The van der Waals surface area contributed by atoms with Gasteiger partial charge in [0.15, 0.2) is 11.6 Å². The number of imidazole rings is 1.